The van der Waals surface area contributed by atoms with Gasteiger partial charge in [-0.15, -0.1) is 0 Å². The predicted molar refractivity (Wildman–Crippen MR) is 147 cm³/mol. The van der Waals surface area contributed by atoms with Crippen LogP contribution in [0, 0.1) is 17.0 Å². The second-order valence-electron chi connectivity index (χ2n) is 9.80. The quantitative estimate of drug-likeness (QED) is 0.131. The van der Waals surface area contributed by atoms with Gasteiger partial charge in [0.2, 0.25) is 0 Å². The number of benzene rings is 3. The van der Waals surface area contributed by atoms with Gasteiger partial charge in [-0.1, -0.05) is 29.8 Å². The number of Topliss-reactive ketones (excluding diaryl/α,β-unsaturated/α-hetero) is 1. The first-order valence-corrected chi connectivity index (χ1v) is 12.6. The molecule has 0 aromatic heterocycles. The summed E-state index contributed by atoms with van der Waals surface area (Å²) in [5, 5.41) is 22.4. The van der Waals surface area contributed by atoms with Crippen molar-refractivity contribution in [2.75, 3.05) is 27.2 Å². The minimum Gasteiger partial charge on any atom is -0.507 e. The molecule has 9 heteroatoms. The van der Waals surface area contributed by atoms with Crippen molar-refractivity contribution in [2.24, 2.45) is 0 Å². The summed E-state index contributed by atoms with van der Waals surface area (Å²) in [4.78, 5) is 40.3. The summed E-state index contributed by atoms with van der Waals surface area (Å²) in [5.74, 6) is -1.22. The van der Waals surface area contributed by atoms with E-state index < -0.39 is 22.7 Å². The lowest BCUT2D eigenvalue weighted by Gasteiger charge is -2.26. The number of aryl methyl sites for hydroxylation is 1. The molecule has 3 aromatic rings. The third-order valence-corrected chi connectivity index (χ3v) is 6.58. The molecule has 1 saturated heterocycles. The van der Waals surface area contributed by atoms with Crippen molar-refractivity contribution >= 4 is 23.1 Å². The summed E-state index contributed by atoms with van der Waals surface area (Å²) in [5.41, 5.74) is 2.87. The highest BCUT2D eigenvalue weighted by atomic mass is 16.6. The van der Waals surface area contributed by atoms with E-state index in [0.29, 0.717) is 36.4 Å². The number of rotatable bonds is 10. The third-order valence-electron chi connectivity index (χ3n) is 6.58. The molecule has 202 valence electrons. The van der Waals surface area contributed by atoms with Crippen molar-refractivity contribution in [3.63, 3.8) is 0 Å². The van der Waals surface area contributed by atoms with Crippen LogP contribution in [0.2, 0.25) is 0 Å². The smallest absolute Gasteiger partial charge is 0.295 e. The third kappa shape index (κ3) is 6.32. The van der Waals surface area contributed by atoms with E-state index in [4.69, 9.17) is 4.74 Å². The lowest BCUT2D eigenvalue weighted by atomic mass is 9.95. The summed E-state index contributed by atoms with van der Waals surface area (Å²) in [6.45, 7) is 3.37. The van der Waals surface area contributed by atoms with Gasteiger partial charge in [-0.3, -0.25) is 19.7 Å². The van der Waals surface area contributed by atoms with E-state index in [1.165, 1.54) is 29.2 Å². The van der Waals surface area contributed by atoms with Gasteiger partial charge in [0.25, 0.3) is 17.4 Å². The molecule has 0 bridgehead atoms. The fraction of sp³-hybridized carbons (Fsp3) is 0.267. The molecule has 9 nitrogen and oxygen atoms in total. The number of carbonyl (C=O) groups is 2. The van der Waals surface area contributed by atoms with E-state index in [1.54, 1.807) is 24.3 Å². The number of nitro groups is 1. The van der Waals surface area contributed by atoms with Crippen LogP contribution in [0.15, 0.2) is 78.4 Å². The Morgan fingerprint density at radius 1 is 1.05 bits per heavy atom. The molecule has 1 unspecified atom stereocenters. The van der Waals surface area contributed by atoms with Crippen LogP contribution < -0.4 is 4.74 Å². The Bertz CT molecular complexity index is 1400. The number of hydrogen-bond donors (Lipinski definition) is 1. The van der Waals surface area contributed by atoms with Gasteiger partial charge in [-0.25, -0.2) is 0 Å². The van der Waals surface area contributed by atoms with Gasteiger partial charge in [0, 0.05) is 24.2 Å². The number of likely N-dealkylation sites (tertiary alicyclic amines) is 1. The Labute approximate surface area is 227 Å². The first kappa shape index (κ1) is 27.5. The van der Waals surface area contributed by atoms with E-state index >= 15 is 0 Å². The number of carbonyl (C=O) groups excluding carboxylic acids is 2. The average molecular weight is 530 g/mol. The van der Waals surface area contributed by atoms with E-state index in [-0.39, 0.29) is 23.6 Å². The van der Waals surface area contributed by atoms with Crippen LogP contribution in [0.25, 0.3) is 5.76 Å². The number of hydrogen-bond acceptors (Lipinski definition) is 7. The number of nitro benzene ring substituents is 1. The summed E-state index contributed by atoms with van der Waals surface area (Å²) in [6.07, 6.45) is 0.608. The highest BCUT2D eigenvalue weighted by Gasteiger charge is 2.45. The van der Waals surface area contributed by atoms with Crippen LogP contribution in [0.4, 0.5) is 5.69 Å². The van der Waals surface area contributed by atoms with Gasteiger partial charge in [-0.2, -0.15) is 0 Å². The highest BCUT2D eigenvalue weighted by molar-refractivity contribution is 6.46. The largest absolute Gasteiger partial charge is 0.507 e. The number of non-ortho nitro benzene ring substituents is 1. The Kier molecular flexibility index (Phi) is 8.41. The number of aliphatic hydroxyl groups excluding tert-OH is 1. The van der Waals surface area contributed by atoms with Gasteiger partial charge in [0.1, 0.15) is 18.1 Å². The standard InChI is InChI=1S/C30H31N3O6/c1-20-6-4-7-21(18-20)19-39-25-14-10-23(11-15-25)28(34)26-27(22-8-12-24(13-9-22)33(37)38)32(30(36)29(26)35)17-5-16-31(2)3/h4,6-15,18,27,34H,5,16-17,19H2,1-3H3/b28-26+. The van der Waals surface area contributed by atoms with Crippen LogP contribution in [-0.2, 0) is 16.2 Å². The zero-order chi connectivity index (χ0) is 28.1. The second kappa shape index (κ2) is 11.9. The first-order chi connectivity index (χ1) is 18.7. The Morgan fingerprint density at radius 3 is 2.36 bits per heavy atom. The van der Waals surface area contributed by atoms with Crippen LogP contribution in [0.1, 0.15) is 34.7 Å². The van der Waals surface area contributed by atoms with Gasteiger partial charge in [0.05, 0.1) is 16.5 Å². The van der Waals surface area contributed by atoms with Gasteiger partial charge < -0.3 is 19.6 Å². The second-order valence-corrected chi connectivity index (χ2v) is 9.80. The molecular weight excluding hydrogens is 498 g/mol. The molecule has 0 aliphatic carbocycles. The minimum absolute atomic E-state index is 0.0489. The maximum Gasteiger partial charge on any atom is 0.295 e. The molecule has 1 fully saturated rings. The molecule has 0 radical (unpaired) electrons. The molecule has 1 aliphatic rings. The normalized spacial score (nSPS) is 16.6. The number of amides is 1. The van der Waals surface area contributed by atoms with E-state index in [0.717, 1.165) is 11.1 Å². The Balaban J connectivity index is 1.64. The number of aliphatic hydroxyl groups is 1. The summed E-state index contributed by atoms with van der Waals surface area (Å²) >= 11 is 0. The topological polar surface area (TPSA) is 113 Å². The molecule has 4 rings (SSSR count). The summed E-state index contributed by atoms with van der Waals surface area (Å²) < 4.78 is 5.86. The minimum atomic E-state index is -0.870. The van der Waals surface area contributed by atoms with Crippen LogP contribution >= 0.6 is 0 Å². The maximum atomic E-state index is 13.2. The fourth-order valence-electron chi connectivity index (χ4n) is 4.63. The van der Waals surface area contributed by atoms with Crippen molar-refractivity contribution in [1.29, 1.82) is 0 Å². The Hall–Kier alpha value is -4.50. The number of nitrogens with zero attached hydrogens (tertiary/aromatic N) is 3. The summed E-state index contributed by atoms with van der Waals surface area (Å²) in [6, 6.07) is 19.5. The lowest BCUT2D eigenvalue weighted by Crippen LogP contribution is -2.32. The van der Waals surface area contributed by atoms with Gasteiger partial charge in [-0.05, 0) is 81.5 Å². The zero-order valence-electron chi connectivity index (χ0n) is 22.2. The van der Waals surface area contributed by atoms with Crippen molar-refractivity contribution in [2.45, 2.75) is 26.0 Å². The zero-order valence-corrected chi connectivity index (χ0v) is 22.2. The lowest BCUT2D eigenvalue weighted by molar-refractivity contribution is -0.384. The molecule has 1 atom stereocenters. The molecule has 1 amide bonds. The monoisotopic (exact) mass is 529 g/mol. The molecule has 39 heavy (non-hydrogen) atoms. The predicted octanol–water partition coefficient (Wildman–Crippen LogP) is 4.86. The molecular formula is C30H31N3O6. The van der Waals surface area contributed by atoms with E-state index in [1.807, 2.05) is 50.2 Å². The van der Waals surface area contributed by atoms with Crippen molar-refractivity contribution in [3.05, 3.63) is 111 Å². The molecule has 1 heterocycles. The van der Waals surface area contributed by atoms with Crippen molar-refractivity contribution in [1.82, 2.24) is 9.80 Å². The highest BCUT2D eigenvalue weighted by Crippen LogP contribution is 2.40. The van der Waals surface area contributed by atoms with Crippen LogP contribution in [-0.4, -0.2) is 58.7 Å². The van der Waals surface area contributed by atoms with Gasteiger partial charge in [0.15, 0.2) is 0 Å². The van der Waals surface area contributed by atoms with Crippen molar-refractivity contribution in [3.8, 4) is 5.75 Å². The van der Waals surface area contributed by atoms with Crippen molar-refractivity contribution < 1.29 is 24.4 Å². The van der Waals surface area contributed by atoms with E-state index in [2.05, 4.69) is 0 Å². The molecule has 0 saturated carbocycles. The average Bonchev–Trinajstić information content (AvgIpc) is 3.17. The number of ether oxygens (including phenoxy) is 1. The van der Waals surface area contributed by atoms with Gasteiger partial charge >= 0.3 is 0 Å². The van der Waals surface area contributed by atoms with E-state index in [9.17, 15) is 24.8 Å². The molecule has 1 aliphatic heterocycles. The molecule has 0 spiro atoms. The first-order valence-electron chi connectivity index (χ1n) is 12.6. The van der Waals surface area contributed by atoms with Crippen LogP contribution in [0.3, 0.4) is 0 Å². The number of ketones is 1. The van der Waals surface area contributed by atoms with Crippen LogP contribution in [0.5, 0.6) is 5.75 Å². The maximum absolute atomic E-state index is 13.2. The fourth-order valence-corrected chi connectivity index (χ4v) is 4.63. The SMILES string of the molecule is Cc1cccc(COc2ccc(/C(O)=C3\C(=O)C(=O)N(CCCN(C)C)C3c3ccc([N+](=O)[O-])cc3)cc2)c1. The summed E-state index contributed by atoms with van der Waals surface area (Å²) in [7, 11) is 3.83. The molecule has 3 aromatic carbocycles. The Morgan fingerprint density at radius 2 is 1.74 bits per heavy atom. The molecule has 1 N–H and O–H groups in total.